The van der Waals surface area contributed by atoms with E-state index in [1.807, 2.05) is 23.9 Å². The van der Waals surface area contributed by atoms with Crippen LogP contribution < -0.4 is 0 Å². The first-order chi connectivity index (χ1) is 9.93. The fraction of sp³-hybridized carbons (Fsp3) is 0.133. The van der Waals surface area contributed by atoms with E-state index in [-0.39, 0.29) is 0 Å². The number of fused-ring (bicyclic) bond motifs is 3. The minimum Gasteiger partial charge on any atom is -0.278 e. The molecule has 0 saturated carbocycles. The number of rotatable bonds is 1. The summed E-state index contributed by atoms with van der Waals surface area (Å²) in [7, 11) is 0. The van der Waals surface area contributed by atoms with Gasteiger partial charge in [-0.1, -0.05) is 12.1 Å². The number of hydrogen-bond donors (Lipinski definition) is 0. The summed E-state index contributed by atoms with van der Waals surface area (Å²) in [6, 6.07) is 12.4. The molecule has 4 rings (SSSR count). The molecule has 0 radical (unpaired) electrons. The zero-order chi connectivity index (χ0) is 13.4. The van der Waals surface area contributed by atoms with E-state index in [2.05, 4.69) is 44.0 Å². The van der Waals surface area contributed by atoms with E-state index in [1.54, 1.807) is 12.4 Å². The van der Waals surface area contributed by atoms with Gasteiger partial charge in [0.25, 0.3) is 0 Å². The highest BCUT2D eigenvalue weighted by Gasteiger charge is 2.20. The maximum absolute atomic E-state index is 4.38. The number of nitrogens with zero attached hydrogens (tertiary/aromatic N) is 4. The Labute approximate surface area is 120 Å². The molecule has 20 heavy (non-hydrogen) atoms. The topological polar surface area (TPSA) is 43.6 Å². The van der Waals surface area contributed by atoms with Crippen molar-refractivity contribution >= 4 is 11.8 Å². The summed E-state index contributed by atoms with van der Waals surface area (Å²) in [5.41, 5.74) is 2.21. The third-order valence-electron chi connectivity index (χ3n) is 3.36. The highest BCUT2D eigenvalue weighted by atomic mass is 32.2. The highest BCUT2D eigenvalue weighted by molar-refractivity contribution is 7.99. The van der Waals surface area contributed by atoms with E-state index < -0.39 is 0 Å². The van der Waals surface area contributed by atoms with Gasteiger partial charge in [-0.15, -0.1) is 22.0 Å². The van der Waals surface area contributed by atoms with Gasteiger partial charge in [-0.25, -0.2) is 0 Å². The van der Waals surface area contributed by atoms with Crippen LogP contribution in [0, 0.1) is 0 Å². The number of aromatic nitrogens is 4. The lowest BCUT2D eigenvalue weighted by Crippen LogP contribution is -2.02. The van der Waals surface area contributed by atoms with E-state index in [9.17, 15) is 0 Å². The van der Waals surface area contributed by atoms with Crippen LogP contribution in [0.15, 0.2) is 53.7 Å². The number of benzene rings is 1. The minimum atomic E-state index is 0.886. The zero-order valence-electron chi connectivity index (χ0n) is 10.7. The van der Waals surface area contributed by atoms with Crippen LogP contribution in [0.1, 0.15) is 5.82 Å². The molecule has 5 heteroatoms. The summed E-state index contributed by atoms with van der Waals surface area (Å²) in [6.07, 6.45) is 4.50. The van der Waals surface area contributed by atoms with Crippen molar-refractivity contribution in [2.24, 2.45) is 0 Å². The molecule has 3 heterocycles. The average molecular weight is 280 g/mol. The van der Waals surface area contributed by atoms with Gasteiger partial charge in [0.05, 0.1) is 5.69 Å². The molecule has 0 aliphatic carbocycles. The van der Waals surface area contributed by atoms with Crippen molar-refractivity contribution in [3.8, 4) is 17.1 Å². The monoisotopic (exact) mass is 280 g/mol. The molecule has 1 aliphatic rings. The first kappa shape index (κ1) is 11.7. The molecule has 0 saturated heterocycles. The summed E-state index contributed by atoms with van der Waals surface area (Å²) in [5.74, 6) is 2.94. The Balaban J connectivity index is 1.98. The summed E-state index contributed by atoms with van der Waals surface area (Å²) >= 11 is 1.87. The van der Waals surface area contributed by atoms with E-state index in [0.29, 0.717) is 0 Å². The highest BCUT2D eigenvalue weighted by Crippen LogP contribution is 2.33. The van der Waals surface area contributed by atoms with Crippen LogP contribution in [0.25, 0.3) is 17.1 Å². The van der Waals surface area contributed by atoms with Crippen molar-refractivity contribution in [2.75, 3.05) is 5.75 Å². The van der Waals surface area contributed by atoms with Gasteiger partial charge in [-0.3, -0.25) is 9.55 Å². The Morgan fingerprint density at radius 2 is 1.85 bits per heavy atom. The summed E-state index contributed by atoms with van der Waals surface area (Å²) in [6.45, 7) is 0. The van der Waals surface area contributed by atoms with Crippen LogP contribution in [-0.2, 0) is 6.42 Å². The maximum Gasteiger partial charge on any atom is 0.168 e. The third kappa shape index (κ3) is 1.82. The maximum atomic E-state index is 4.38. The average Bonchev–Trinajstić information content (AvgIpc) is 2.84. The lowest BCUT2D eigenvalue weighted by atomic mass is 10.2. The van der Waals surface area contributed by atoms with Crippen molar-refractivity contribution in [2.45, 2.75) is 11.3 Å². The SMILES string of the molecule is c1ccc2c(c1)SCCc1nnc(-c3ccncc3)n1-2. The largest absolute Gasteiger partial charge is 0.278 e. The van der Waals surface area contributed by atoms with E-state index in [1.165, 1.54) is 10.6 Å². The van der Waals surface area contributed by atoms with Crippen molar-refractivity contribution in [3.63, 3.8) is 0 Å². The fourth-order valence-electron chi connectivity index (χ4n) is 2.44. The second-order valence-corrected chi connectivity index (χ2v) is 5.71. The van der Waals surface area contributed by atoms with Crippen molar-refractivity contribution in [3.05, 3.63) is 54.6 Å². The van der Waals surface area contributed by atoms with Gasteiger partial charge in [0, 0.05) is 35.0 Å². The molecule has 2 aromatic heterocycles. The van der Waals surface area contributed by atoms with Gasteiger partial charge in [0.2, 0.25) is 0 Å². The van der Waals surface area contributed by atoms with Crippen LogP contribution >= 0.6 is 11.8 Å². The number of aryl methyl sites for hydroxylation is 1. The molecule has 98 valence electrons. The molecule has 0 spiro atoms. The van der Waals surface area contributed by atoms with Gasteiger partial charge < -0.3 is 0 Å². The molecular formula is C15H12N4S. The minimum absolute atomic E-state index is 0.886. The summed E-state index contributed by atoms with van der Waals surface area (Å²) in [5, 5.41) is 8.76. The summed E-state index contributed by atoms with van der Waals surface area (Å²) < 4.78 is 2.17. The molecule has 0 fully saturated rings. The Morgan fingerprint density at radius 1 is 1.00 bits per heavy atom. The Morgan fingerprint density at radius 3 is 2.75 bits per heavy atom. The molecule has 3 aromatic rings. The second-order valence-electron chi connectivity index (χ2n) is 4.58. The number of thioether (sulfide) groups is 1. The van der Waals surface area contributed by atoms with E-state index in [4.69, 9.17) is 0 Å². The van der Waals surface area contributed by atoms with Gasteiger partial charge in [0.15, 0.2) is 5.82 Å². The quantitative estimate of drug-likeness (QED) is 0.687. The van der Waals surface area contributed by atoms with Crippen molar-refractivity contribution < 1.29 is 0 Å². The van der Waals surface area contributed by atoms with Crippen LogP contribution in [0.4, 0.5) is 0 Å². The van der Waals surface area contributed by atoms with Crippen molar-refractivity contribution in [1.29, 1.82) is 0 Å². The van der Waals surface area contributed by atoms with Crippen LogP contribution in [0.5, 0.6) is 0 Å². The molecule has 0 unspecified atom stereocenters. The molecule has 4 nitrogen and oxygen atoms in total. The molecule has 1 aliphatic heterocycles. The lowest BCUT2D eigenvalue weighted by Gasteiger charge is -2.10. The first-order valence-electron chi connectivity index (χ1n) is 6.50. The van der Waals surface area contributed by atoms with Gasteiger partial charge in [-0.05, 0) is 24.3 Å². The fourth-order valence-corrected chi connectivity index (χ4v) is 3.42. The predicted molar refractivity (Wildman–Crippen MR) is 79.0 cm³/mol. The zero-order valence-corrected chi connectivity index (χ0v) is 11.5. The number of para-hydroxylation sites is 1. The molecule has 0 N–H and O–H groups in total. The number of pyridine rings is 1. The molecular weight excluding hydrogens is 268 g/mol. The van der Waals surface area contributed by atoms with Crippen molar-refractivity contribution in [1.82, 2.24) is 19.7 Å². The molecule has 0 bridgehead atoms. The normalized spacial score (nSPS) is 13.4. The van der Waals surface area contributed by atoms with Crippen LogP contribution in [0.3, 0.4) is 0 Å². The van der Waals surface area contributed by atoms with Crippen LogP contribution in [-0.4, -0.2) is 25.5 Å². The van der Waals surface area contributed by atoms with E-state index >= 15 is 0 Å². The molecule has 0 amide bonds. The number of hydrogen-bond acceptors (Lipinski definition) is 4. The predicted octanol–water partition coefficient (Wildman–Crippen LogP) is 2.98. The third-order valence-corrected chi connectivity index (χ3v) is 4.42. The standard InChI is InChI=1S/C15H12N4S/c1-2-4-13-12(3-1)19-14(7-10-20-13)17-18-15(19)11-5-8-16-9-6-11/h1-6,8-9H,7,10H2. The Kier molecular flexibility index (Phi) is 2.77. The first-order valence-corrected chi connectivity index (χ1v) is 7.49. The smallest absolute Gasteiger partial charge is 0.168 e. The second kappa shape index (κ2) is 4.76. The van der Waals surface area contributed by atoms with Gasteiger partial charge in [0.1, 0.15) is 5.82 Å². The Bertz CT molecular complexity index is 752. The lowest BCUT2D eigenvalue weighted by molar-refractivity contribution is 0.892. The summed E-state index contributed by atoms with van der Waals surface area (Å²) in [4.78, 5) is 5.35. The Hall–Kier alpha value is -2.14. The van der Waals surface area contributed by atoms with Gasteiger partial charge in [-0.2, -0.15) is 0 Å². The molecule has 1 aromatic carbocycles. The van der Waals surface area contributed by atoms with Gasteiger partial charge >= 0.3 is 0 Å². The molecule has 0 atom stereocenters. The van der Waals surface area contributed by atoms with E-state index in [0.717, 1.165) is 29.4 Å². The van der Waals surface area contributed by atoms with Crippen LogP contribution in [0.2, 0.25) is 0 Å².